The van der Waals surface area contributed by atoms with Crippen molar-refractivity contribution in [2.75, 3.05) is 6.54 Å². The van der Waals surface area contributed by atoms with E-state index in [9.17, 15) is 4.39 Å². The molecule has 1 unspecified atom stereocenters. The SMILES string of the molecule is CCCNCc1ccc(OC2C=CCCC2)c(F)c1. The number of allylic oxidation sites excluding steroid dienone is 1. The summed E-state index contributed by atoms with van der Waals surface area (Å²) in [6, 6.07) is 5.22. The molecule has 0 aliphatic heterocycles. The molecule has 1 aliphatic rings. The van der Waals surface area contributed by atoms with E-state index in [-0.39, 0.29) is 11.9 Å². The van der Waals surface area contributed by atoms with Gasteiger partial charge in [0, 0.05) is 6.54 Å². The summed E-state index contributed by atoms with van der Waals surface area (Å²) >= 11 is 0. The minimum atomic E-state index is -0.269. The first-order valence-corrected chi connectivity index (χ1v) is 7.12. The zero-order valence-electron chi connectivity index (χ0n) is 11.5. The van der Waals surface area contributed by atoms with E-state index < -0.39 is 0 Å². The summed E-state index contributed by atoms with van der Waals surface area (Å²) in [5, 5.41) is 3.26. The molecule has 0 spiro atoms. The van der Waals surface area contributed by atoms with E-state index >= 15 is 0 Å². The monoisotopic (exact) mass is 263 g/mol. The molecule has 104 valence electrons. The van der Waals surface area contributed by atoms with Crippen LogP contribution >= 0.6 is 0 Å². The van der Waals surface area contributed by atoms with Gasteiger partial charge in [-0.3, -0.25) is 0 Å². The number of ether oxygens (including phenoxy) is 1. The highest BCUT2D eigenvalue weighted by Gasteiger charge is 2.12. The Labute approximate surface area is 114 Å². The van der Waals surface area contributed by atoms with Gasteiger partial charge in [0.25, 0.3) is 0 Å². The number of halogens is 1. The Morgan fingerprint density at radius 1 is 1.42 bits per heavy atom. The molecule has 3 heteroatoms. The molecule has 2 rings (SSSR count). The number of rotatable bonds is 6. The number of hydrogen-bond acceptors (Lipinski definition) is 2. The van der Waals surface area contributed by atoms with Crippen molar-refractivity contribution >= 4 is 0 Å². The maximum atomic E-state index is 13.9. The summed E-state index contributed by atoms with van der Waals surface area (Å²) in [6.07, 6.45) is 8.42. The lowest BCUT2D eigenvalue weighted by Crippen LogP contribution is -2.17. The van der Waals surface area contributed by atoms with Crippen molar-refractivity contribution in [3.05, 3.63) is 41.7 Å². The first kappa shape index (κ1) is 14.1. The largest absolute Gasteiger partial charge is 0.483 e. The van der Waals surface area contributed by atoms with Crippen LogP contribution in [0, 0.1) is 5.82 Å². The van der Waals surface area contributed by atoms with Crippen molar-refractivity contribution in [2.45, 2.75) is 45.3 Å². The highest BCUT2D eigenvalue weighted by atomic mass is 19.1. The van der Waals surface area contributed by atoms with Crippen LogP contribution in [-0.2, 0) is 6.54 Å². The third-order valence-electron chi connectivity index (χ3n) is 3.24. The summed E-state index contributed by atoms with van der Waals surface area (Å²) in [7, 11) is 0. The van der Waals surface area contributed by atoms with Crippen LogP contribution in [0.5, 0.6) is 5.75 Å². The van der Waals surface area contributed by atoms with Gasteiger partial charge in [0.15, 0.2) is 11.6 Å². The lowest BCUT2D eigenvalue weighted by Gasteiger charge is -2.19. The third kappa shape index (κ3) is 4.35. The van der Waals surface area contributed by atoms with Crippen molar-refractivity contribution in [3.8, 4) is 5.75 Å². The molecule has 2 nitrogen and oxygen atoms in total. The lowest BCUT2D eigenvalue weighted by atomic mass is 10.1. The van der Waals surface area contributed by atoms with Crippen LogP contribution in [0.15, 0.2) is 30.4 Å². The number of benzene rings is 1. The molecule has 0 bridgehead atoms. The van der Waals surface area contributed by atoms with Crippen molar-refractivity contribution in [1.29, 1.82) is 0 Å². The standard InChI is InChI=1S/C16H22FNO/c1-2-10-18-12-13-8-9-16(15(17)11-13)19-14-6-4-3-5-7-14/h4,6,8-9,11,14,18H,2-3,5,7,10,12H2,1H3. The average molecular weight is 263 g/mol. The maximum absolute atomic E-state index is 13.9. The van der Waals surface area contributed by atoms with Crippen LogP contribution in [0.4, 0.5) is 4.39 Å². The maximum Gasteiger partial charge on any atom is 0.165 e. The molecule has 1 aromatic carbocycles. The fourth-order valence-electron chi connectivity index (χ4n) is 2.20. The van der Waals surface area contributed by atoms with Crippen LogP contribution < -0.4 is 10.1 Å². The second-order valence-electron chi connectivity index (χ2n) is 4.96. The average Bonchev–Trinajstić information content (AvgIpc) is 2.43. The Balaban J connectivity index is 1.94. The number of hydrogen-bond donors (Lipinski definition) is 1. The van der Waals surface area contributed by atoms with Gasteiger partial charge in [0.1, 0.15) is 6.10 Å². The van der Waals surface area contributed by atoms with Crippen LogP contribution in [-0.4, -0.2) is 12.6 Å². The topological polar surface area (TPSA) is 21.3 Å². The Morgan fingerprint density at radius 2 is 2.32 bits per heavy atom. The van der Waals surface area contributed by atoms with Gasteiger partial charge in [-0.05, 0) is 56.0 Å². The van der Waals surface area contributed by atoms with Gasteiger partial charge in [-0.1, -0.05) is 19.1 Å². The van der Waals surface area contributed by atoms with Crippen molar-refractivity contribution in [1.82, 2.24) is 5.32 Å². The molecular weight excluding hydrogens is 241 g/mol. The van der Waals surface area contributed by atoms with Crippen molar-refractivity contribution in [3.63, 3.8) is 0 Å². The zero-order chi connectivity index (χ0) is 13.5. The zero-order valence-corrected chi connectivity index (χ0v) is 11.5. The van der Waals surface area contributed by atoms with Gasteiger partial charge in [-0.2, -0.15) is 0 Å². The molecule has 0 saturated heterocycles. The first-order valence-electron chi connectivity index (χ1n) is 7.12. The van der Waals surface area contributed by atoms with Crippen molar-refractivity contribution in [2.24, 2.45) is 0 Å². The molecule has 0 amide bonds. The van der Waals surface area contributed by atoms with E-state index in [1.807, 2.05) is 12.1 Å². The Kier molecular flexibility index (Phi) is 5.40. The van der Waals surface area contributed by atoms with Crippen LogP contribution in [0.1, 0.15) is 38.2 Å². The summed E-state index contributed by atoms with van der Waals surface area (Å²) in [6.45, 7) is 3.77. The van der Waals surface area contributed by atoms with Gasteiger partial charge < -0.3 is 10.1 Å². The molecule has 0 radical (unpaired) electrons. The molecule has 0 heterocycles. The molecule has 19 heavy (non-hydrogen) atoms. The van der Waals surface area contributed by atoms with E-state index in [1.54, 1.807) is 12.1 Å². The summed E-state index contributed by atoms with van der Waals surface area (Å²) in [5.41, 5.74) is 0.956. The second kappa shape index (κ2) is 7.29. The second-order valence-corrected chi connectivity index (χ2v) is 4.96. The quantitative estimate of drug-likeness (QED) is 0.622. The smallest absolute Gasteiger partial charge is 0.165 e. The Morgan fingerprint density at radius 3 is 3.00 bits per heavy atom. The van der Waals surface area contributed by atoms with Gasteiger partial charge in [-0.15, -0.1) is 0 Å². The molecule has 1 aliphatic carbocycles. The Bertz CT molecular complexity index is 431. The van der Waals surface area contributed by atoms with E-state index in [1.165, 1.54) is 0 Å². The molecule has 0 aromatic heterocycles. The van der Waals surface area contributed by atoms with E-state index in [2.05, 4.69) is 18.3 Å². The predicted octanol–water partition coefficient (Wildman–Crippen LogP) is 3.81. The lowest BCUT2D eigenvalue weighted by molar-refractivity contribution is 0.220. The third-order valence-corrected chi connectivity index (χ3v) is 3.24. The van der Waals surface area contributed by atoms with Crippen LogP contribution in [0.3, 0.4) is 0 Å². The molecule has 1 aromatic rings. The molecular formula is C16H22FNO. The highest BCUT2D eigenvalue weighted by molar-refractivity contribution is 5.30. The first-order chi connectivity index (χ1) is 9.29. The summed E-state index contributed by atoms with van der Waals surface area (Å²) in [5.74, 6) is 0.0885. The van der Waals surface area contributed by atoms with Gasteiger partial charge in [0.2, 0.25) is 0 Å². The minimum Gasteiger partial charge on any atom is -0.483 e. The predicted molar refractivity (Wildman–Crippen MR) is 75.8 cm³/mol. The van der Waals surface area contributed by atoms with Crippen LogP contribution in [0.2, 0.25) is 0 Å². The van der Waals surface area contributed by atoms with Crippen LogP contribution in [0.25, 0.3) is 0 Å². The Hall–Kier alpha value is -1.35. The molecule has 0 saturated carbocycles. The van der Waals surface area contributed by atoms with E-state index in [4.69, 9.17) is 4.74 Å². The fourth-order valence-corrected chi connectivity index (χ4v) is 2.20. The van der Waals surface area contributed by atoms with E-state index in [0.717, 1.165) is 37.8 Å². The normalized spacial score (nSPS) is 18.5. The highest BCUT2D eigenvalue weighted by Crippen LogP contribution is 2.23. The van der Waals surface area contributed by atoms with Gasteiger partial charge in [0.05, 0.1) is 0 Å². The molecule has 0 fully saturated rings. The molecule has 1 atom stereocenters. The molecule has 1 N–H and O–H groups in total. The van der Waals surface area contributed by atoms with Gasteiger partial charge in [-0.25, -0.2) is 4.39 Å². The fraction of sp³-hybridized carbons (Fsp3) is 0.500. The van der Waals surface area contributed by atoms with Crippen molar-refractivity contribution < 1.29 is 9.13 Å². The summed E-state index contributed by atoms with van der Waals surface area (Å²) in [4.78, 5) is 0. The van der Waals surface area contributed by atoms with Gasteiger partial charge >= 0.3 is 0 Å². The minimum absolute atomic E-state index is 0.0207. The summed E-state index contributed by atoms with van der Waals surface area (Å²) < 4.78 is 19.6. The van der Waals surface area contributed by atoms with E-state index in [0.29, 0.717) is 12.3 Å². The number of nitrogens with one attached hydrogen (secondary N) is 1.